The van der Waals surface area contributed by atoms with Gasteiger partial charge < -0.3 is 9.84 Å². The standard InChI is InChI=1S/C15H14FNO2/c16-12-5-10(7-17-8-12)9-19-13-2-3-14-11(6-13)1-4-15(14)18/h2-3,5-8,15,18H,1,4,9H2/t15-/m0/s1. The van der Waals surface area contributed by atoms with Crippen molar-refractivity contribution in [3.8, 4) is 5.75 Å². The first-order chi connectivity index (χ1) is 9.22. The highest BCUT2D eigenvalue weighted by atomic mass is 19.1. The van der Waals surface area contributed by atoms with Crippen LogP contribution in [0.15, 0.2) is 36.7 Å². The number of rotatable bonds is 3. The zero-order valence-corrected chi connectivity index (χ0v) is 10.3. The summed E-state index contributed by atoms with van der Waals surface area (Å²) in [5.41, 5.74) is 2.81. The minimum Gasteiger partial charge on any atom is -0.489 e. The zero-order valence-electron chi connectivity index (χ0n) is 10.3. The quantitative estimate of drug-likeness (QED) is 0.921. The summed E-state index contributed by atoms with van der Waals surface area (Å²) in [5.74, 6) is 0.371. The molecular weight excluding hydrogens is 245 g/mol. The van der Waals surface area contributed by atoms with Gasteiger partial charge in [-0.15, -0.1) is 0 Å². The molecule has 4 heteroatoms. The molecule has 3 nitrogen and oxygen atoms in total. The Balaban J connectivity index is 1.71. The number of hydrogen-bond donors (Lipinski definition) is 1. The molecule has 0 saturated heterocycles. The van der Waals surface area contributed by atoms with Gasteiger partial charge in [0.15, 0.2) is 0 Å². The van der Waals surface area contributed by atoms with Crippen molar-refractivity contribution in [3.63, 3.8) is 0 Å². The van der Waals surface area contributed by atoms with Crippen LogP contribution in [0.3, 0.4) is 0 Å². The Bertz CT molecular complexity index is 600. The van der Waals surface area contributed by atoms with Gasteiger partial charge in [-0.25, -0.2) is 4.39 Å². The molecule has 0 radical (unpaired) electrons. The molecule has 1 aromatic heterocycles. The minimum atomic E-state index is -0.363. The molecule has 1 heterocycles. The molecule has 1 atom stereocenters. The minimum absolute atomic E-state index is 0.284. The van der Waals surface area contributed by atoms with Gasteiger partial charge in [0, 0.05) is 11.8 Å². The fourth-order valence-corrected chi connectivity index (χ4v) is 2.36. The van der Waals surface area contributed by atoms with Gasteiger partial charge in [0.05, 0.1) is 12.3 Å². The molecule has 19 heavy (non-hydrogen) atoms. The molecule has 1 aliphatic carbocycles. The highest BCUT2D eigenvalue weighted by Gasteiger charge is 2.20. The Kier molecular flexibility index (Phi) is 3.17. The van der Waals surface area contributed by atoms with Gasteiger partial charge in [0.2, 0.25) is 0 Å². The van der Waals surface area contributed by atoms with Crippen LogP contribution >= 0.6 is 0 Å². The summed E-state index contributed by atoms with van der Waals surface area (Å²) in [7, 11) is 0. The Hall–Kier alpha value is -1.94. The summed E-state index contributed by atoms with van der Waals surface area (Å²) in [5, 5.41) is 9.72. The van der Waals surface area contributed by atoms with Crippen LogP contribution in [0.5, 0.6) is 5.75 Å². The molecule has 0 unspecified atom stereocenters. The summed E-state index contributed by atoms with van der Waals surface area (Å²) in [6, 6.07) is 7.08. The van der Waals surface area contributed by atoms with Crippen LogP contribution in [0.25, 0.3) is 0 Å². The third-order valence-corrected chi connectivity index (χ3v) is 3.33. The molecule has 0 bridgehead atoms. The topological polar surface area (TPSA) is 42.4 Å². The number of pyridine rings is 1. The molecule has 0 fully saturated rings. The van der Waals surface area contributed by atoms with E-state index in [-0.39, 0.29) is 18.5 Å². The van der Waals surface area contributed by atoms with Crippen LogP contribution in [0, 0.1) is 5.82 Å². The third-order valence-electron chi connectivity index (χ3n) is 3.33. The maximum atomic E-state index is 13.0. The Morgan fingerprint density at radius 2 is 2.21 bits per heavy atom. The van der Waals surface area contributed by atoms with Crippen LogP contribution in [0.1, 0.15) is 29.2 Å². The third kappa shape index (κ3) is 2.58. The van der Waals surface area contributed by atoms with Gasteiger partial charge >= 0.3 is 0 Å². The predicted octanol–water partition coefficient (Wildman–Crippen LogP) is 2.78. The molecule has 1 N–H and O–H groups in total. The molecule has 0 amide bonds. The van der Waals surface area contributed by atoms with Gasteiger partial charge in [0.25, 0.3) is 0 Å². The van der Waals surface area contributed by atoms with Gasteiger partial charge in [-0.3, -0.25) is 4.98 Å². The van der Waals surface area contributed by atoms with Crippen molar-refractivity contribution in [2.24, 2.45) is 0 Å². The predicted molar refractivity (Wildman–Crippen MR) is 68.2 cm³/mol. The second-order valence-electron chi connectivity index (χ2n) is 4.72. The number of aliphatic hydroxyl groups is 1. The summed E-state index contributed by atoms with van der Waals surface area (Å²) < 4.78 is 18.6. The molecule has 0 saturated carbocycles. The van der Waals surface area contributed by atoms with Crippen LogP contribution < -0.4 is 4.74 Å². The average molecular weight is 259 g/mol. The van der Waals surface area contributed by atoms with E-state index < -0.39 is 0 Å². The normalized spacial score (nSPS) is 17.3. The van der Waals surface area contributed by atoms with E-state index in [2.05, 4.69) is 4.98 Å². The molecule has 0 spiro atoms. The lowest BCUT2D eigenvalue weighted by Gasteiger charge is -2.09. The number of aliphatic hydroxyl groups excluding tert-OH is 1. The highest BCUT2D eigenvalue weighted by Crippen LogP contribution is 2.33. The van der Waals surface area contributed by atoms with Gasteiger partial charge in [0.1, 0.15) is 18.2 Å². The van der Waals surface area contributed by atoms with Crippen LogP contribution in [0.4, 0.5) is 4.39 Å². The SMILES string of the molecule is O[C@H]1CCc2cc(OCc3cncc(F)c3)ccc21. The van der Waals surface area contributed by atoms with Crippen molar-refractivity contribution in [3.05, 3.63) is 59.2 Å². The van der Waals surface area contributed by atoms with E-state index in [0.717, 1.165) is 29.7 Å². The number of benzene rings is 1. The van der Waals surface area contributed by atoms with Crippen LogP contribution in [0.2, 0.25) is 0 Å². The van der Waals surface area contributed by atoms with Crippen molar-refractivity contribution in [1.82, 2.24) is 4.98 Å². The summed E-state index contributed by atoms with van der Waals surface area (Å²) >= 11 is 0. The zero-order chi connectivity index (χ0) is 13.2. The van der Waals surface area contributed by atoms with E-state index in [0.29, 0.717) is 5.56 Å². The second-order valence-corrected chi connectivity index (χ2v) is 4.72. The lowest BCUT2D eigenvalue weighted by molar-refractivity contribution is 0.180. The lowest BCUT2D eigenvalue weighted by atomic mass is 10.1. The number of halogens is 1. The van der Waals surface area contributed by atoms with Gasteiger partial charge in [-0.2, -0.15) is 0 Å². The maximum Gasteiger partial charge on any atom is 0.141 e. The molecule has 2 aromatic rings. The van der Waals surface area contributed by atoms with Crippen LogP contribution in [-0.4, -0.2) is 10.1 Å². The van der Waals surface area contributed by atoms with Crippen molar-refractivity contribution < 1.29 is 14.2 Å². The van der Waals surface area contributed by atoms with Gasteiger partial charge in [-0.1, -0.05) is 6.07 Å². The maximum absolute atomic E-state index is 13.0. The molecule has 3 rings (SSSR count). The number of fused-ring (bicyclic) bond motifs is 1. The van der Waals surface area contributed by atoms with Crippen LogP contribution in [-0.2, 0) is 13.0 Å². The second kappa shape index (κ2) is 4.97. The number of ether oxygens (including phenoxy) is 1. The van der Waals surface area contributed by atoms with Crippen molar-refractivity contribution in [2.45, 2.75) is 25.6 Å². The van der Waals surface area contributed by atoms with E-state index in [1.807, 2.05) is 18.2 Å². The molecule has 1 aliphatic rings. The Morgan fingerprint density at radius 3 is 3.05 bits per heavy atom. The summed E-state index contributed by atoms with van der Waals surface area (Å²) in [6.07, 6.45) is 4.04. The first-order valence-electron chi connectivity index (χ1n) is 6.25. The van der Waals surface area contributed by atoms with Gasteiger partial charge in [-0.05, 0) is 42.2 Å². The summed E-state index contributed by atoms with van der Waals surface area (Å²) in [4.78, 5) is 3.78. The van der Waals surface area contributed by atoms with E-state index in [4.69, 9.17) is 4.74 Å². The smallest absolute Gasteiger partial charge is 0.141 e. The molecule has 1 aromatic carbocycles. The molecule has 0 aliphatic heterocycles. The fourth-order valence-electron chi connectivity index (χ4n) is 2.36. The Morgan fingerprint density at radius 1 is 1.32 bits per heavy atom. The van der Waals surface area contributed by atoms with E-state index in [9.17, 15) is 9.50 Å². The van der Waals surface area contributed by atoms with E-state index >= 15 is 0 Å². The Labute approximate surface area is 110 Å². The first-order valence-corrected chi connectivity index (χ1v) is 6.25. The molecule has 98 valence electrons. The largest absolute Gasteiger partial charge is 0.489 e. The van der Waals surface area contributed by atoms with Crippen molar-refractivity contribution in [2.75, 3.05) is 0 Å². The monoisotopic (exact) mass is 259 g/mol. The first kappa shape index (κ1) is 12.1. The average Bonchev–Trinajstić information content (AvgIpc) is 2.78. The van der Waals surface area contributed by atoms with E-state index in [1.165, 1.54) is 12.3 Å². The van der Waals surface area contributed by atoms with E-state index in [1.54, 1.807) is 6.20 Å². The lowest BCUT2D eigenvalue weighted by Crippen LogP contribution is -1.98. The number of aryl methyl sites for hydroxylation is 1. The molecular formula is C15H14FNO2. The number of nitrogens with zero attached hydrogens (tertiary/aromatic N) is 1. The van der Waals surface area contributed by atoms with Crippen molar-refractivity contribution >= 4 is 0 Å². The highest BCUT2D eigenvalue weighted by molar-refractivity contribution is 5.39. The fraction of sp³-hybridized carbons (Fsp3) is 0.267. The van der Waals surface area contributed by atoms with Crippen molar-refractivity contribution in [1.29, 1.82) is 0 Å². The number of aromatic nitrogens is 1. The summed E-state index contributed by atoms with van der Waals surface area (Å²) in [6.45, 7) is 0.284. The number of hydrogen-bond acceptors (Lipinski definition) is 3.